The van der Waals surface area contributed by atoms with Crippen molar-refractivity contribution in [3.63, 3.8) is 0 Å². The first-order valence-electron chi connectivity index (χ1n) is 15.2. The second kappa shape index (κ2) is 16.3. The van der Waals surface area contributed by atoms with Crippen LogP contribution >= 0.6 is 0 Å². The Hall–Kier alpha value is -1.80. The van der Waals surface area contributed by atoms with Crippen LogP contribution in [0.1, 0.15) is 105 Å². The Bertz CT molecular complexity index is 1340. The van der Waals surface area contributed by atoms with E-state index < -0.39 is 0 Å². The third-order valence-corrected chi connectivity index (χ3v) is 7.88. The van der Waals surface area contributed by atoms with Crippen LogP contribution in [0, 0.1) is 0 Å². The van der Waals surface area contributed by atoms with Gasteiger partial charge in [0.1, 0.15) is 0 Å². The number of hydrogen-bond acceptors (Lipinski definition) is 2. The largest absolute Gasteiger partial charge is 4.00 e. The van der Waals surface area contributed by atoms with E-state index in [-0.39, 0.29) is 72.7 Å². The van der Waals surface area contributed by atoms with Crippen LogP contribution in [0.25, 0.3) is 22.3 Å². The van der Waals surface area contributed by atoms with Crippen molar-refractivity contribution < 1.29 is 60.5 Å². The van der Waals surface area contributed by atoms with Crippen molar-refractivity contribution in [2.24, 2.45) is 0 Å². The van der Waals surface area contributed by atoms with E-state index in [9.17, 15) is 0 Å². The summed E-state index contributed by atoms with van der Waals surface area (Å²) in [6.07, 6.45) is 0. The van der Waals surface area contributed by atoms with Crippen molar-refractivity contribution in [2.75, 3.05) is 14.2 Å². The summed E-state index contributed by atoms with van der Waals surface area (Å²) >= 11 is 0. The van der Waals surface area contributed by atoms with Gasteiger partial charge in [-0.2, -0.15) is 24.3 Å². The van der Waals surface area contributed by atoms with E-state index in [1.807, 2.05) is 0 Å². The molecule has 0 unspecified atom stereocenters. The van der Waals surface area contributed by atoms with Crippen molar-refractivity contribution >= 4 is 0 Å². The van der Waals surface area contributed by atoms with Gasteiger partial charge in [0.15, 0.2) is 0 Å². The molecule has 0 aliphatic heterocycles. The van der Waals surface area contributed by atoms with Gasteiger partial charge in [0, 0.05) is 0 Å². The Balaban J connectivity index is 0.000000807. The second-order valence-corrected chi connectivity index (χ2v) is 15.6. The molecule has 0 aliphatic carbocycles. The minimum Gasteiger partial charge on any atom is -1.00 e. The van der Waals surface area contributed by atoms with Crippen LogP contribution in [0.4, 0.5) is 0 Å². The predicted octanol–water partition coefficient (Wildman–Crippen LogP) is 5.36. The average Bonchev–Trinajstić information content (AvgIpc) is 3.60. The van der Waals surface area contributed by atoms with Gasteiger partial charge in [-0.25, -0.2) is 0 Å². The average molecular weight is 729 g/mol. The van der Waals surface area contributed by atoms with Crippen LogP contribution in [-0.4, -0.2) is 14.2 Å². The maximum atomic E-state index is 5.79. The van der Waals surface area contributed by atoms with Gasteiger partial charge in [-0.1, -0.05) is 129 Å². The first-order chi connectivity index (χ1) is 19.3. The van der Waals surface area contributed by atoms with E-state index in [0.717, 1.165) is 11.5 Å². The maximum absolute atomic E-state index is 5.79. The monoisotopic (exact) mass is 726 g/mol. The van der Waals surface area contributed by atoms with Crippen molar-refractivity contribution in [3.8, 4) is 33.8 Å². The van der Waals surface area contributed by atoms with E-state index in [1.165, 1.54) is 44.5 Å². The molecule has 0 radical (unpaired) electrons. The summed E-state index contributed by atoms with van der Waals surface area (Å²) in [5.41, 5.74) is 10.4. The summed E-state index contributed by atoms with van der Waals surface area (Å²) < 4.78 is 11.6. The summed E-state index contributed by atoms with van der Waals surface area (Å²) in [6, 6.07) is 26.1. The molecule has 0 fully saturated rings. The Morgan fingerprint density at radius 2 is 0.711 bits per heavy atom. The van der Waals surface area contributed by atoms with E-state index in [1.54, 1.807) is 14.2 Å². The molecule has 0 atom stereocenters. The fourth-order valence-corrected chi connectivity index (χ4v) is 5.21. The van der Waals surface area contributed by atoms with Crippen LogP contribution in [0.15, 0.2) is 72.8 Å². The zero-order valence-corrected chi connectivity index (χ0v) is 34.0. The first-order valence-corrected chi connectivity index (χ1v) is 15.2. The third kappa shape index (κ3) is 10.6. The number of hydrogen-bond donors (Lipinski definition) is 0. The molecular formula is C40H54Cl2O2Zr. The third-order valence-electron chi connectivity index (χ3n) is 7.88. The summed E-state index contributed by atoms with van der Waals surface area (Å²) in [7, 11) is 3.54. The molecule has 4 aromatic rings. The zero-order chi connectivity index (χ0) is 31.7. The molecule has 0 N–H and O–H groups in total. The van der Waals surface area contributed by atoms with Gasteiger partial charge in [0.05, 0.1) is 25.7 Å². The van der Waals surface area contributed by atoms with Crippen molar-refractivity contribution in [1.29, 1.82) is 0 Å². The number of ether oxygens (including phenoxy) is 2. The summed E-state index contributed by atoms with van der Waals surface area (Å²) in [5.74, 6) is 2.00. The van der Waals surface area contributed by atoms with Crippen LogP contribution in [0.2, 0.25) is 0 Å². The molecule has 0 heterocycles. The molecule has 0 aromatic heterocycles. The summed E-state index contributed by atoms with van der Waals surface area (Å²) in [5, 5.41) is 0. The maximum Gasteiger partial charge on any atom is 4.00 e. The van der Waals surface area contributed by atoms with E-state index in [4.69, 9.17) is 9.47 Å². The molecule has 45 heavy (non-hydrogen) atoms. The minimum absolute atomic E-state index is 0. The molecule has 4 rings (SSSR count). The zero-order valence-electron chi connectivity index (χ0n) is 30.0. The van der Waals surface area contributed by atoms with Crippen molar-refractivity contribution in [3.05, 3.63) is 95.1 Å². The number of methoxy groups -OCH3 is 2. The van der Waals surface area contributed by atoms with Crippen molar-refractivity contribution in [1.82, 2.24) is 0 Å². The molecule has 244 valence electrons. The van der Waals surface area contributed by atoms with Crippen LogP contribution in [0.5, 0.6) is 11.5 Å². The molecule has 2 nitrogen and oxygen atoms in total. The van der Waals surface area contributed by atoms with E-state index in [2.05, 4.69) is 156 Å². The van der Waals surface area contributed by atoms with Gasteiger partial charge in [0.25, 0.3) is 0 Å². The Morgan fingerprint density at radius 1 is 0.444 bits per heavy atom. The van der Waals surface area contributed by atoms with Crippen LogP contribution < -0.4 is 34.3 Å². The molecule has 0 spiro atoms. The molecular weight excluding hydrogens is 675 g/mol. The minimum atomic E-state index is 0. The smallest absolute Gasteiger partial charge is 1.00 e. The van der Waals surface area contributed by atoms with E-state index in [0.29, 0.717) is 0 Å². The molecule has 0 bridgehead atoms. The fraction of sp³-hybridized carbons (Fsp3) is 0.450. The van der Waals surface area contributed by atoms with Crippen molar-refractivity contribution in [2.45, 2.75) is 105 Å². The SMILES string of the molecule is COc1c(-[c-]2cccc2)cc(C(C)(C)C)cc1C(C)(C)C.COc1c(-[c-]2cccc2)cc(C(C)(C)C)cc1C(C)(C)C.[Cl-].[Cl-].[Zr+4]. The Kier molecular flexibility index (Phi) is 15.7. The Labute approximate surface area is 306 Å². The van der Waals surface area contributed by atoms with Crippen LogP contribution in [0.3, 0.4) is 0 Å². The van der Waals surface area contributed by atoms with Gasteiger partial charge < -0.3 is 34.3 Å². The molecule has 0 amide bonds. The normalized spacial score (nSPS) is 11.7. The molecule has 0 saturated carbocycles. The predicted molar refractivity (Wildman–Crippen MR) is 183 cm³/mol. The first kappa shape index (κ1) is 43.2. The number of benzene rings is 2. The summed E-state index contributed by atoms with van der Waals surface area (Å²) in [4.78, 5) is 0. The van der Waals surface area contributed by atoms with E-state index >= 15 is 0 Å². The molecule has 5 heteroatoms. The number of halogens is 2. The second-order valence-electron chi connectivity index (χ2n) is 15.6. The number of rotatable bonds is 4. The topological polar surface area (TPSA) is 18.5 Å². The van der Waals surface area contributed by atoms with Gasteiger partial charge in [-0.15, -0.1) is 36.4 Å². The van der Waals surface area contributed by atoms with Gasteiger partial charge >= 0.3 is 26.2 Å². The van der Waals surface area contributed by atoms with Crippen LogP contribution in [-0.2, 0) is 47.9 Å². The quantitative estimate of drug-likeness (QED) is 0.264. The molecule has 0 aliphatic rings. The summed E-state index contributed by atoms with van der Waals surface area (Å²) in [6.45, 7) is 27.0. The molecule has 0 saturated heterocycles. The fourth-order valence-electron chi connectivity index (χ4n) is 5.21. The Morgan fingerprint density at radius 3 is 0.911 bits per heavy atom. The van der Waals surface area contributed by atoms with Gasteiger partial charge in [0.2, 0.25) is 0 Å². The van der Waals surface area contributed by atoms with Gasteiger partial charge in [-0.05, 0) is 32.8 Å². The molecule has 4 aromatic carbocycles. The standard InChI is InChI=1S/2C20H27O.2ClH.Zr/c2*1-19(2,3)15-12-16(14-10-8-9-11-14)18(21-7)17(13-15)20(4,5)6;;;/h2*8-13H,1-7H3;2*1H;/q2*-1;;;+4/p-2. The van der Waals surface area contributed by atoms with Gasteiger partial charge in [-0.3, -0.25) is 0 Å².